The van der Waals surface area contributed by atoms with Crippen LogP contribution in [0.3, 0.4) is 0 Å². The second-order valence-corrected chi connectivity index (χ2v) is 13.0. The lowest BCUT2D eigenvalue weighted by atomic mass is 9.76. The molecule has 1 aliphatic heterocycles. The molecule has 1 aromatic carbocycles. The summed E-state index contributed by atoms with van der Waals surface area (Å²) in [6.07, 6.45) is 3.50. The molecule has 50 heavy (non-hydrogen) atoms. The van der Waals surface area contributed by atoms with E-state index in [4.69, 9.17) is 25.5 Å². The number of amides is 2. The van der Waals surface area contributed by atoms with Gasteiger partial charge in [-0.15, -0.1) is 0 Å². The van der Waals surface area contributed by atoms with Crippen LogP contribution in [0.4, 0.5) is 32.0 Å². The van der Waals surface area contributed by atoms with Crippen LogP contribution in [0.1, 0.15) is 77.6 Å². The zero-order valence-electron chi connectivity index (χ0n) is 27.7. The van der Waals surface area contributed by atoms with Crippen LogP contribution < -0.4 is 11.1 Å². The molecule has 0 radical (unpaired) electrons. The van der Waals surface area contributed by atoms with Crippen molar-refractivity contribution in [1.82, 2.24) is 9.88 Å². The summed E-state index contributed by atoms with van der Waals surface area (Å²) in [5.41, 5.74) is 7.99. The number of nitrogens with two attached hydrogens (primary N) is 1. The Morgan fingerprint density at radius 1 is 0.900 bits per heavy atom. The van der Waals surface area contributed by atoms with Gasteiger partial charge in [0.2, 0.25) is 11.8 Å². The minimum atomic E-state index is -5.08. The van der Waals surface area contributed by atoms with Crippen molar-refractivity contribution in [1.29, 1.82) is 0 Å². The molecule has 1 aromatic heterocycles. The van der Waals surface area contributed by atoms with Gasteiger partial charge in [0.15, 0.2) is 0 Å². The fourth-order valence-corrected chi connectivity index (χ4v) is 7.19. The van der Waals surface area contributed by atoms with Gasteiger partial charge in [0, 0.05) is 35.8 Å². The number of hydrogen-bond acceptors (Lipinski definition) is 6. The lowest BCUT2D eigenvalue weighted by molar-refractivity contribution is -0.193. The Bertz CT molecular complexity index is 1430. The number of carbonyl (C=O) groups is 4. The van der Waals surface area contributed by atoms with Crippen LogP contribution in [0.5, 0.6) is 0 Å². The van der Waals surface area contributed by atoms with E-state index in [-0.39, 0.29) is 35.7 Å². The molecule has 3 fully saturated rings. The summed E-state index contributed by atoms with van der Waals surface area (Å²) < 4.78 is 63.5. The maximum atomic E-state index is 13.8. The average molecular weight is 719 g/mol. The van der Waals surface area contributed by atoms with Gasteiger partial charge in [-0.25, -0.2) is 9.59 Å². The number of carboxylic acid groups (broad SMARTS) is 2. The van der Waals surface area contributed by atoms with E-state index in [0.717, 1.165) is 55.1 Å². The molecule has 2 amide bonds. The van der Waals surface area contributed by atoms with Crippen LogP contribution in [0.15, 0.2) is 36.5 Å². The molecular weight excluding hydrogens is 674 g/mol. The highest BCUT2D eigenvalue weighted by atomic mass is 19.4. The standard InChI is InChI=1S/C30H42N4O2.2C2HF3O2/c1-2-26(31)21-10-12-22(13-11-21)30(36)34-18-16-25(20-7-4-3-5-8-20)28(34)29(35)33-24-14-15-27-23(19-24)9-6-17-32-27;2*3-2(4,5)1(6)7/h6,9,14-15,17,19-22,25-26,28H,2-5,7-8,10-13,16,18,31H2,1H3,(H,33,35);2*(H,6,7)/t21-,22-,25-,26?,28-;;/m0../s1. The minimum Gasteiger partial charge on any atom is -0.475 e. The smallest absolute Gasteiger partial charge is 0.475 e. The lowest BCUT2D eigenvalue weighted by Gasteiger charge is -2.37. The Labute approximate surface area is 285 Å². The van der Waals surface area contributed by atoms with Crippen molar-refractivity contribution in [2.24, 2.45) is 29.4 Å². The number of aromatic nitrogens is 1. The molecule has 2 aliphatic carbocycles. The number of likely N-dealkylation sites (tertiary alicyclic amines) is 1. The van der Waals surface area contributed by atoms with E-state index < -0.39 is 24.3 Å². The largest absolute Gasteiger partial charge is 0.490 e. The molecule has 1 unspecified atom stereocenters. The number of hydrogen-bond donors (Lipinski definition) is 4. The van der Waals surface area contributed by atoms with E-state index in [2.05, 4.69) is 17.2 Å². The first kappa shape index (κ1) is 40.5. The van der Waals surface area contributed by atoms with Gasteiger partial charge >= 0.3 is 24.3 Å². The second kappa shape index (κ2) is 17.8. The molecule has 5 rings (SSSR count). The quantitative estimate of drug-likeness (QED) is 0.238. The summed E-state index contributed by atoms with van der Waals surface area (Å²) in [5.74, 6) is -4.01. The van der Waals surface area contributed by atoms with E-state index in [1.54, 1.807) is 6.20 Å². The van der Waals surface area contributed by atoms with E-state index >= 15 is 0 Å². The Morgan fingerprint density at radius 3 is 2.02 bits per heavy atom. The van der Waals surface area contributed by atoms with Crippen molar-refractivity contribution in [2.45, 2.75) is 102 Å². The first-order valence-electron chi connectivity index (χ1n) is 16.8. The Morgan fingerprint density at radius 2 is 1.48 bits per heavy atom. The van der Waals surface area contributed by atoms with Gasteiger partial charge in [-0.3, -0.25) is 14.6 Å². The molecule has 1 saturated heterocycles. The molecule has 0 bridgehead atoms. The van der Waals surface area contributed by atoms with Gasteiger partial charge in [0.1, 0.15) is 6.04 Å². The summed E-state index contributed by atoms with van der Waals surface area (Å²) in [7, 11) is 0. The van der Waals surface area contributed by atoms with Gasteiger partial charge in [0.05, 0.1) is 5.52 Å². The van der Waals surface area contributed by atoms with E-state index in [9.17, 15) is 35.9 Å². The normalized spacial score (nSPS) is 23.5. The number of pyridine rings is 1. The predicted molar refractivity (Wildman–Crippen MR) is 172 cm³/mol. The van der Waals surface area contributed by atoms with Crippen LogP contribution >= 0.6 is 0 Å². The Hall–Kier alpha value is -3.95. The topological polar surface area (TPSA) is 163 Å². The highest BCUT2D eigenvalue weighted by Crippen LogP contribution is 2.41. The van der Waals surface area contributed by atoms with E-state index in [0.29, 0.717) is 18.4 Å². The van der Waals surface area contributed by atoms with Crippen molar-refractivity contribution < 1.29 is 55.7 Å². The Kier molecular flexibility index (Phi) is 14.4. The maximum Gasteiger partial charge on any atom is 0.490 e. The van der Waals surface area contributed by atoms with Crippen LogP contribution in [0.2, 0.25) is 0 Å². The summed E-state index contributed by atoms with van der Waals surface area (Å²) in [6.45, 7) is 2.85. The number of fused-ring (bicyclic) bond motifs is 1. The molecule has 5 N–H and O–H groups in total. The van der Waals surface area contributed by atoms with Gasteiger partial charge in [-0.1, -0.05) is 45.1 Å². The highest BCUT2D eigenvalue weighted by Gasteiger charge is 2.47. The number of alkyl halides is 6. The van der Waals surface area contributed by atoms with Gasteiger partial charge in [-0.2, -0.15) is 26.3 Å². The monoisotopic (exact) mass is 718 g/mol. The lowest BCUT2D eigenvalue weighted by Crippen LogP contribution is -2.50. The zero-order chi connectivity index (χ0) is 37.2. The third-order valence-electron chi connectivity index (χ3n) is 9.81. The summed E-state index contributed by atoms with van der Waals surface area (Å²) in [5, 5.41) is 18.4. The fraction of sp³-hybridized carbons (Fsp3) is 0.618. The minimum absolute atomic E-state index is 0.0254. The summed E-state index contributed by atoms with van der Waals surface area (Å²) in [6, 6.07) is 9.62. The summed E-state index contributed by atoms with van der Waals surface area (Å²) >= 11 is 0. The number of nitrogens with one attached hydrogen (secondary N) is 1. The number of anilines is 1. The predicted octanol–water partition coefficient (Wildman–Crippen LogP) is 6.78. The molecule has 2 saturated carbocycles. The molecule has 3 aliphatic rings. The van der Waals surface area contributed by atoms with Crippen molar-refractivity contribution in [3.8, 4) is 0 Å². The van der Waals surface area contributed by atoms with Crippen LogP contribution in [0.25, 0.3) is 10.9 Å². The van der Waals surface area contributed by atoms with Gasteiger partial charge < -0.3 is 26.2 Å². The number of aliphatic carboxylic acids is 2. The number of carbonyl (C=O) groups excluding carboxylic acids is 2. The fourth-order valence-electron chi connectivity index (χ4n) is 7.19. The van der Waals surface area contributed by atoms with E-state index in [1.807, 2.05) is 35.2 Å². The SMILES string of the molecule is CCC(N)[C@H]1CC[C@H](C(=O)N2CC[C@@H](C3CCCCC3)[C@H]2C(=O)Nc2ccc3ncccc3c2)CC1.O=C(O)C(F)(F)F.O=C(O)C(F)(F)F. The average Bonchev–Trinajstić information content (AvgIpc) is 3.53. The second-order valence-electron chi connectivity index (χ2n) is 13.0. The van der Waals surface area contributed by atoms with Crippen molar-refractivity contribution in [3.63, 3.8) is 0 Å². The number of nitrogens with zero attached hydrogens (tertiary/aromatic N) is 2. The van der Waals surface area contributed by atoms with Crippen molar-refractivity contribution in [3.05, 3.63) is 36.5 Å². The first-order valence-corrected chi connectivity index (χ1v) is 16.8. The van der Waals surface area contributed by atoms with E-state index in [1.165, 1.54) is 32.1 Å². The molecule has 3 atom stereocenters. The molecule has 2 heterocycles. The summed E-state index contributed by atoms with van der Waals surface area (Å²) in [4.78, 5) is 51.8. The number of rotatable bonds is 6. The third-order valence-corrected chi connectivity index (χ3v) is 9.81. The maximum absolute atomic E-state index is 13.8. The van der Waals surface area contributed by atoms with Crippen molar-refractivity contribution >= 4 is 40.3 Å². The molecule has 16 heteroatoms. The van der Waals surface area contributed by atoms with Crippen LogP contribution in [0, 0.1) is 23.7 Å². The molecule has 278 valence electrons. The number of benzene rings is 1. The highest BCUT2D eigenvalue weighted by molar-refractivity contribution is 5.99. The number of halogens is 6. The Balaban J connectivity index is 0.000000408. The third kappa shape index (κ3) is 11.3. The molecule has 0 spiro atoms. The molecule has 2 aromatic rings. The molecular formula is C34H44F6N4O6. The van der Waals surface area contributed by atoms with Gasteiger partial charge in [0.25, 0.3) is 0 Å². The van der Waals surface area contributed by atoms with Crippen LogP contribution in [-0.2, 0) is 19.2 Å². The van der Waals surface area contributed by atoms with Gasteiger partial charge in [-0.05, 0) is 80.5 Å². The number of carboxylic acids is 2. The molecule has 10 nitrogen and oxygen atoms in total. The van der Waals surface area contributed by atoms with Crippen molar-refractivity contribution in [2.75, 3.05) is 11.9 Å². The van der Waals surface area contributed by atoms with Crippen LogP contribution in [-0.4, -0.2) is 74.8 Å². The zero-order valence-corrected chi connectivity index (χ0v) is 27.7. The first-order chi connectivity index (χ1) is 23.4.